The number of morpholine rings is 1. The van der Waals surface area contributed by atoms with E-state index in [9.17, 15) is 9.90 Å². The van der Waals surface area contributed by atoms with Crippen LogP contribution in [0.1, 0.15) is 30.4 Å². The molecule has 0 spiro atoms. The topological polar surface area (TPSA) is 61.8 Å². The molecular formula is C19H28N2O3. The molecule has 5 nitrogen and oxygen atoms in total. The highest BCUT2D eigenvalue weighted by Crippen LogP contribution is 2.32. The summed E-state index contributed by atoms with van der Waals surface area (Å²) in [5.41, 5.74) is 2.32. The SMILES string of the molecule is Cc1cccc(CNC(=O)CN2CCOC[C@@H]2[C@H]2CCC[C@@H]2O)c1. The first kappa shape index (κ1) is 17.4. The summed E-state index contributed by atoms with van der Waals surface area (Å²) in [5, 5.41) is 13.2. The van der Waals surface area contributed by atoms with Crippen LogP contribution in [0.25, 0.3) is 0 Å². The second kappa shape index (κ2) is 8.10. The zero-order valence-corrected chi connectivity index (χ0v) is 14.4. The van der Waals surface area contributed by atoms with E-state index in [0.717, 1.165) is 31.4 Å². The number of hydrogen-bond acceptors (Lipinski definition) is 4. The lowest BCUT2D eigenvalue weighted by molar-refractivity contribution is -0.126. The van der Waals surface area contributed by atoms with Gasteiger partial charge in [-0.05, 0) is 25.3 Å². The maximum atomic E-state index is 12.4. The van der Waals surface area contributed by atoms with Crippen molar-refractivity contribution in [3.63, 3.8) is 0 Å². The van der Waals surface area contributed by atoms with Crippen molar-refractivity contribution in [2.75, 3.05) is 26.3 Å². The Labute approximate surface area is 144 Å². The van der Waals surface area contributed by atoms with E-state index < -0.39 is 0 Å². The van der Waals surface area contributed by atoms with Gasteiger partial charge < -0.3 is 15.2 Å². The summed E-state index contributed by atoms with van der Waals surface area (Å²) in [7, 11) is 0. The van der Waals surface area contributed by atoms with Gasteiger partial charge in [0.25, 0.3) is 0 Å². The van der Waals surface area contributed by atoms with Crippen LogP contribution in [-0.4, -0.2) is 54.4 Å². The zero-order chi connectivity index (χ0) is 16.9. The van der Waals surface area contributed by atoms with Crippen LogP contribution in [0.4, 0.5) is 0 Å². The highest BCUT2D eigenvalue weighted by Gasteiger charge is 2.38. The number of ether oxygens (including phenoxy) is 1. The highest BCUT2D eigenvalue weighted by molar-refractivity contribution is 5.78. The minimum atomic E-state index is -0.255. The van der Waals surface area contributed by atoms with Crippen molar-refractivity contribution in [3.05, 3.63) is 35.4 Å². The molecule has 1 heterocycles. The Morgan fingerprint density at radius 3 is 3.04 bits per heavy atom. The lowest BCUT2D eigenvalue weighted by Gasteiger charge is -2.39. The van der Waals surface area contributed by atoms with Crippen LogP contribution in [0.15, 0.2) is 24.3 Å². The van der Waals surface area contributed by atoms with Crippen molar-refractivity contribution in [2.45, 2.75) is 44.9 Å². The molecule has 3 atom stereocenters. The molecule has 1 aromatic rings. The van der Waals surface area contributed by atoms with Crippen molar-refractivity contribution in [2.24, 2.45) is 5.92 Å². The van der Waals surface area contributed by atoms with Gasteiger partial charge in [-0.25, -0.2) is 0 Å². The number of nitrogens with zero attached hydrogens (tertiary/aromatic N) is 1. The summed E-state index contributed by atoms with van der Waals surface area (Å²) >= 11 is 0. The maximum absolute atomic E-state index is 12.4. The van der Waals surface area contributed by atoms with Gasteiger partial charge >= 0.3 is 0 Å². The number of aliphatic hydroxyl groups excluding tert-OH is 1. The molecule has 3 rings (SSSR count). The van der Waals surface area contributed by atoms with E-state index in [2.05, 4.69) is 29.3 Å². The van der Waals surface area contributed by atoms with Crippen molar-refractivity contribution >= 4 is 5.91 Å². The van der Waals surface area contributed by atoms with Crippen molar-refractivity contribution in [1.82, 2.24) is 10.2 Å². The molecule has 24 heavy (non-hydrogen) atoms. The summed E-state index contributed by atoms with van der Waals surface area (Å²) in [6.07, 6.45) is 2.70. The lowest BCUT2D eigenvalue weighted by Crippen LogP contribution is -2.53. The first-order valence-electron chi connectivity index (χ1n) is 8.95. The molecule has 1 saturated heterocycles. The van der Waals surface area contributed by atoms with Gasteiger partial charge in [0.05, 0.1) is 25.9 Å². The van der Waals surface area contributed by atoms with Crippen LogP contribution < -0.4 is 5.32 Å². The molecule has 1 amide bonds. The van der Waals surface area contributed by atoms with Crippen LogP contribution >= 0.6 is 0 Å². The molecule has 132 valence electrons. The quantitative estimate of drug-likeness (QED) is 0.857. The third-order valence-corrected chi connectivity index (χ3v) is 5.23. The van der Waals surface area contributed by atoms with Gasteiger partial charge in [0.2, 0.25) is 5.91 Å². The van der Waals surface area contributed by atoms with E-state index in [1.54, 1.807) is 0 Å². The number of aliphatic hydroxyl groups is 1. The predicted octanol–water partition coefficient (Wildman–Crippen LogP) is 1.47. The van der Waals surface area contributed by atoms with Gasteiger partial charge in [0, 0.05) is 25.0 Å². The van der Waals surface area contributed by atoms with Crippen molar-refractivity contribution < 1.29 is 14.6 Å². The molecule has 1 saturated carbocycles. The number of hydrogen-bond donors (Lipinski definition) is 2. The third-order valence-electron chi connectivity index (χ3n) is 5.23. The fraction of sp³-hybridized carbons (Fsp3) is 0.632. The molecular weight excluding hydrogens is 304 g/mol. The van der Waals surface area contributed by atoms with E-state index >= 15 is 0 Å². The van der Waals surface area contributed by atoms with Gasteiger partial charge in [0.1, 0.15) is 0 Å². The number of carbonyl (C=O) groups excluding carboxylic acids is 1. The standard InChI is InChI=1S/C19H28N2O3/c1-14-4-2-5-15(10-14)11-20-19(23)12-21-8-9-24-13-17(21)16-6-3-7-18(16)22/h2,4-5,10,16-18,22H,3,6-9,11-13H2,1H3,(H,20,23)/t16-,17-,18+/m1/s1. The first-order valence-corrected chi connectivity index (χ1v) is 8.95. The summed E-state index contributed by atoms with van der Waals surface area (Å²) in [5.74, 6) is 0.269. The molecule has 1 aromatic carbocycles. The molecule has 1 aliphatic heterocycles. The van der Waals surface area contributed by atoms with Crippen LogP contribution in [0.2, 0.25) is 0 Å². The molecule has 5 heteroatoms. The van der Waals surface area contributed by atoms with E-state index in [1.165, 1.54) is 5.56 Å². The Balaban J connectivity index is 1.53. The Morgan fingerprint density at radius 1 is 1.42 bits per heavy atom. The summed E-state index contributed by atoms with van der Waals surface area (Å²) < 4.78 is 5.61. The fourth-order valence-corrected chi connectivity index (χ4v) is 3.93. The molecule has 1 aliphatic carbocycles. The van der Waals surface area contributed by atoms with E-state index in [0.29, 0.717) is 26.3 Å². The van der Waals surface area contributed by atoms with Gasteiger partial charge in [0.15, 0.2) is 0 Å². The molecule has 2 aliphatic rings. The molecule has 0 aromatic heterocycles. The average molecular weight is 332 g/mol. The second-order valence-electron chi connectivity index (χ2n) is 7.04. The predicted molar refractivity (Wildman–Crippen MR) is 92.6 cm³/mol. The van der Waals surface area contributed by atoms with Crippen molar-refractivity contribution in [1.29, 1.82) is 0 Å². The largest absolute Gasteiger partial charge is 0.393 e. The normalized spacial score (nSPS) is 28.0. The highest BCUT2D eigenvalue weighted by atomic mass is 16.5. The van der Waals surface area contributed by atoms with E-state index in [4.69, 9.17) is 4.74 Å². The van der Waals surface area contributed by atoms with Gasteiger partial charge in [-0.3, -0.25) is 9.69 Å². The molecule has 0 bridgehead atoms. The van der Waals surface area contributed by atoms with E-state index in [-0.39, 0.29) is 24.0 Å². The minimum Gasteiger partial charge on any atom is -0.393 e. The number of amides is 1. The Bertz CT molecular complexity index is 563. The number of benzene rings is 1. The summed E-state index contributed by atoms with van der Waals surface area (Å²) in [4.78, 5) is 14.5. The Hall–Kier alpha value is -1.43. The molecule has 0 radical (unpaired) electrons. The zero-order valence-electron chi connectivity index (χ0n) is 14.4. The van der Waals surface area contributed by atoms with Crippen LogP contribution in [0, 0.1) is 12.8 Å². The smallest absolute Gasteiger partial charge is 0.234 e. The third kappa shape index (κ3) is 4.35. The number of aryl methyl sites for hydroxylation is 1. The molecule has 2 fully saturated rings. The number of carbonyl (C=O) groups is 1. The monoisotopic (exact) mass is 332 g/mol. The average Bonchev–Trinajstić information content (AvgIpc) is 2.99. The second-order valence-corrected chi connectivity index (χ2v) is 7.04. The lowest BCUT2D eigenvalue weighted by atomic mass is 9.94. The fourth-order valence-electron chi connectivity index (χ4n) is 3.93. The molecule has 0 unspecified atom stereocenters. The Kier molecular flexibility index (Phi) is 5.87. The summed E-state index contributed by atoms with van der Waals surface area (Å²) in [6, 6.07) is 8.33. The van der Waals surface area contributed by atoms with Gasteiger partial charge in [-0.15, -0.1) is 0 Å². The number of rotatable bonds is 5. The minimum absolute atomic E-state index is 0.0379. The van der Waals surface area contributed by atoms with Crippen molar-refractivity contribution in [3.8, 4) is 0 Å². The van der Waals surface area contributed by atoms with E-state index in [1.807, 2.05) is 12.1 Å². The van der Waals surface area contributed by atoms with Gasteiger partial charge in [-0.1, -0.05) is 36.2 Å². The first-order chi connectivity index (χ1) is 11.6. The van der Waals surface area contributed by atoms with Crippen LogP contribution in [0.3, 0.4) is 0 Å². The van der Waals surface area contributed by atoms with Crippen LogP contribution in [-0.2, 0) is 16.1 Å². The van der Waals surface area contributed by atoms with Crippen LogP contribution in [0.5, 0.6) is 0 Å². The molecule has 2 N–H and O–H groups in total. The maximum Gasteiger partial charge on any atom is 0.234 e. The Morgan fingerprint density at radius 2 is 2.29 bits per heavy atom. The van der Waals surface area contributed by atoms with Gasteiger partial charge in [-0.2, -0.15) is 0 Å². The number of nitrogens with one attached hydrogen (secondary N) is 1. The summed E-state index contributed by atoms with van der Waals surface area (Å²) in [6.45, 7) is 5.02.